The second-order valence-corrected chi connectivity index (χ2v) is 9.03. The minimum Gasteiger partial charge on any atom is -0.465 e. The molecule has 1 saturated heterocycles. The molecule has 0 atom stereocenters. The number of carbonyl (C=O) groups is 1. The second-order valence-electron chi connectivity index (χ2n) is 9.03. The van der Waals surface area contributed by atoms with Crippen molar-refractivity contribution in [2.75, 3.05) is 59.3 Å². The van der Waals surface area contributed by atoms with Crippen LogP contribution in [0.4, 0.5) is 5.69 Å². The van der Waals surface area contributed by atoms with Gasteiger partial charge in [0.05, 0.1) is 18.7 Å². The molecule has 2 aliphatic heterocycles. The van der Waals surface area contributed by atoms with Crippen LogP contribution in [0.3, 0.4) is 0 Å². The van der Waals surface area contributed by atoms with E-state index >= 15 is 0 Å². The summed E-state index contributed by atoms with van der Waals surface area (Å²) in [4.78, 5) is 17.5. The molecule has 1 fully saturated rings. The molecule has 0 radical (unpaired) electrons. The van der Waals surface area contributed by atoms with Gasteiger partial charge in [0.15, 0.2) is 0 Å². The number of benzene rings is 2. The zero-order valence-electron chi connectivity index (χ0n) is 21.3. The molecule has 6 nitrogen and oxygen atoms in total. The Morgan fingerprint density at radius 1 is 1.11 bits per heavy atom. The summed E-state index contributed by atoms with van der Waals surface area (Å²) in [6.07, 6.45) is 5.27. The van der Waals surface area contributed by atoms with Crippen LogP contribution in [0.15, 0.2) is 71.2 Å². The van der Waals surface area contributed by atoms with Gasteiger partial charge in [-0.2, -0.15) is 0 Å². The molecule has 0 N–H and O–H groups in total. The summed E-state index contributed by atoms with van der Waals surface area (Å²) in [6.45, 7) is 9.75. The molecular weight excluding hydrogens is 438 g/mol. The van der Waals surface area contributed by atoms with E-state index in [4.69, 9.17) is 9.15 Å². The van der Waals surface area contributed by atoms with Gasteiger partial charge in [-0.1, -0.05) is 18.7 Å². The van der Waals surface area contributed by atoms with Crippen LogP contribution in [0.2, 0.25) is 0 Å². The van der Waals surface area contributed by atoms with Crippen molar-refractivity contribution >= 4 is 28.2 Å². The van der Waals surface area contributed by atoms with Crippen molar-refractivity contribution in [2.45, 2.75) is 6.92 Å². The van der Waals surface area contributed by atoms with Crippen LogP contribution in [0, 0.1) is 0 Å². The van der Waals surface area contributed by atoms with E-state index in [9.17, 15) is 4.79 Å². The van der Waals surface area contributed by atoms with E-state index < -0.39 is 5.97 Å². The Kier molecular flexibility index (Phi) is 7.22. The van der Waals surface area contributed by atoms with Gasteiger partial charge in [0, 0.05) is 60.5 Å². The molecule has 1 aromatic rings. The highest BCUT2D eigenvalue weighted by Gasteiger charge is 2.25. The molecule has 2 heterocycles. The van der Waals surface area contributed by atoms with Crippen molar-refractivity contribution in [1.29, 1.82) is 0 Å². The highest BCUT2D eigenvalue weighted by Crippen LogP contribution is 2.41. The van der Waals surface area contributed by atoms with Crippen molar-refractivity contribution in [3.8, 4) is 11.3 Å². The fourth-order valence-corrected chi connectivity index (χ4v) is 4.63. The Balaban J connectivity index is 2.01. The molecule has 0 unspecified atom stereocenters. The largest absolute Gasteiger partial charge is 0.465 e. The van der Waals surface area contributed by atoms with E-state index in [0.717, 1.165) is 70.7 Å². The first-order chi connectivity index (χ1) is 16.9. The summed E-state index contributed by atoms with van der Waals surface area (Å²) < 4.78 is 13.7. The Labute approximate surface area is 207 Å². The van der Waals surface area contributed by atoms with E-state index in [-0.39, 0.29) is 0 Å². The number of rotatable bonds is 5. The smallest absolute Gasteiger partial charge is 0.338 e. The molecule has 0 bridgehead atoms. The van der Waals surface area contributed by atoms with E-state index in [1.165, 1.54) is 7.11 Å². The van der Waals surface area contributed by atoms with Crippen LogP contribution in [0.5, 0.6) is 0 Å². The average molecular weight is 473 g/mol. The molecule has 35 heavy (non-hydrogen) atoms. The molecule has 0 saturated carbocycles. The van der Waals surface area contributed by atoms with Gasteiger partial charge in [0.1, 0.15) is 25.4 Å². The number of anilines is 1. The summed E-state index contributed by atoms with van der Waals surface area (Å²) >= 11 is 0. The van der Waals surface area contributed by atoms with Gasteiger partial charge >= 0.3 is 5.97 Å². The number of carbonyl (C=O) groups excluding carboxylic acids is 1. The number of allylic oxidation sites excluding steroid dienone is 3. The number of ether oxygens (including phenoxy) is 1. The Morgan fingerprint density at radius 2 is 1.86 bits per heavy atom. The average Bonchev–Trinajstić information content (AvgIpc) is 2.87. The minimum atomic E-state index is -0.404. The molecule has 6 heteroatoms. The Morgan fingerprint density at radius 3 is 2.49 bits per heavy atom. The van der Waals surface area contributed by atoms with Gasteiger partial charge in [0.25, 0.3) is 0 Å². The number of nitrogens with zero attached hydrogens (tertiary/aromatic N) is 3. The zero-order valence-corrected chi connectivity index (χ0v) is 21.3. The van der Waals surface area contributed by atoms with Crippen molar-refractivity contribution in [3.05, 3.63) is 77.7 Å². The third-order valence-electron chi connectivity index (χ3n) is 6.61. The number of piperazine rings is 1. The summed E-state index contributed by atoms with van der Waals surface area (Å²) in [5, 5.41) is 1.98. The number of methoxy groups -OCH3 is 1. The van der Waals surface area contributed by atoms with Gasteiger partial charge in [-0.25, -0.2) is 9.37 Å². The molecule has 0 aromatic heterocycles. The third kappa shape index (κ3) is 4.80. The quantitative estimate of drug-likeness (QED) is 0.185. The van der Waals surface area contributed by atoms with Gasteiger partial charge in [-0.05, 0) is 43.8 Å². The van der Waals surface area contributed by atoms with Crippen molar-refractivity contribution < 1.29 is 13.9 Å². The lowest BCUT2D eigenvalue weighted by molar-refractivity contribution is -0.135. The molecule has 1 aromatic carbocycles. The van der Waals surface area contributed by atoms with Crippen LogP contribution in [-0.2, 0) is 9.53 Å². The van der Waals surface area contributed by atoms with E-state index in [2.05, 4.69) is 53.8 Å². The monoisotopic (exact) mass is 472 g/mol. The highest BCUT2D eigenvalue weighted by molar-refractivity contribution is 6.12. The maximum Gasteiger partial charge on any atom is 0.338 e. The van der Waals surface area contributed by atoms with Crippen molar-refractivity contribution in [2.24, 2.45) is 0 Å². The molecule has 1 aliphatic carbocycles. The Bertz CT molecular complexity index is 1370. The lowest BCUT2D eigenvalue weighted by atomic mass is 9.88. The van der Waals surface area contributed by atoms with Gasteiger partial charge in [0.2, 0.25) is 5.36 Å². The highest BCUT2D eigenvalue weighted by atomic mass is 16.5. The van der Waals surface area contributed by atoms with Crippen molar-refractivity contribution in [3.63, 3.8) is 0 Å². The van der Waals surface area contributed by atoms with Crippen LogP contribution < -0.4 is 14.8 Å². The third-order valence-corrected chi connectivity index (χ3v) is 6.61. The first kappa shape index (κ1) is 24.5. The normalized spacial score (nSPS) is 15.5. The van der Waals surface area contributed by atoms with Crippen LogP contribution in [0.1, 0.15) is 12.5 Å². The van der Waals surface area contributed by atoms with E-state index in [0.29, 0.717) is 5.57 Å². The maximum atomic E-state index is 12.8. The molecule has 3 aliphatic rings. The SMILES string of the molecule is C=C/C=C(C(=O)OC)\C(=C/C)c1c2ccc(=[N+](C)C)cc-2oc2cc(N3CCN(C)CC3)ccc12. The molecule has 4 rings (SSSR count). The molecule has 0 spiro atoms. The fourth-order valence-electron chi connectivity index (χ4n) is 4.63. The zero-order chi connectivity index (χ0) is 25.1. The van der Waals surface area contributed by atoms with Crippen LogP contribution >= 0.6 is 0 Å². The lowest BCUT2D eigenvalue weighted by Gasteiger charge is -2.34. The summed E-state index contributed by atoms with van der Waals surface area (Å²) in [6, 6.07) is 12.5. The molecule has 0 amide bonds. The maximum absolute atomic E-state index is 12.8. The number of fused-ring (bicyclic) bond motifs is 2. The summed E-state index contributed by atoms with van der Waals surface area (Å²) in [5.74, 6) is 0.357. The fraction of sp³-hybridized carbons (Fsp3) is 0.310. The van der Waals surface area contributed by atoms with E-state index in [1.807, 2.05) is 37.7 Å². The van der Waals surface area contributed by atoms with Crippen LogP contribution in [-0.4, -0.2) is 65.3 Å². The molecule has 182 valence electrons. The standard InChI is InChI=1S/C29H34N3O3/c1-7-9-23(29(33)34-6)22(8-2)28-24-12-10-20(30(3)4)18-26(24)35-27-19-21(11-13-25(27)28)32-16-14-31(5)15-17-32/h7-13,18-19H,1,14-17H2,2-6H3/q+1/b22-8+,23-9+. The molecular formula is C29H34N3O3+. The van der Waals surface area contributed by atoms with Crippen LogP contribution in [0.25, 0.3) is 27.9 Å². The first-order valence-electron chi connectivity index (χ1n) is 11.9. The number of hydrogen-bond acceptors (Lipinski definition) is 5. The van der Waals surface area contributed by atoms with Crippen molar-refractivity contribution in [1.82, 2.24) is 9.48 Å². The predicted molar refractivity (Wildman–Crippen MR) is 144 cm³/mol. The topological polar surface area (TPSA) is 48.9 Å². The van der Waals surface area contributed by atoms with Gasteiger partial charge < -0.3 is 19.0 Å². The number of esters is 1. The minimum absolute atomic E-state index is 0.404. The second kappa shape index (κ2) is 10.3. The van der Waals surface area contributed by atoms with Gasteiger partial charge in [-0.15, -0.1) is 0 Å². The number of hydrogen-bond donors (Lipinski definition) is 0. The lowest BCUT2D eigenvalue weighted by Crippen LogP contribution is -2.44. The summed E-state index contributed by atoms with van der Waals surface area (Å²) in [7, 11) is 7.57. The van der Waals surface area contributed by atoms with E-state index in [1.54, 1.807) is 12.2 Å². The predicted octanol–water partition coefficient (Wildman–Crippen LogP) is 4.01. The summed E-state index contributed by atoms with van der Waals surface area (Å²) in [5.41, 5.74) is 5.04. The first-order valence-corrected chi connectivity index (χ1v) is 11.9. The Hall–Kier alpha value is -3.64. The number of likely N-dealkylation sites (N-methyl/N-ethyl adjacent to an activating group) is 1. The van der Waals surface area contributed by atoms with Gasteiger partial charge in [-0.3, -0.25) is 0 Å².